The fourth-order valence-electron chi connectivity index (χ4n) is 1.98. The molecule has 0 saturated heterocycles. The van der Waals surface area contributed by atoms with E-state index in [2.05, 4.69) is 0 Å². The van der Waals surface area contributed by atoms with Gasteiger partial charge in [-0.2, -0.15) is 0 Å². The number of hydrogen-bond donors (Lipinski definition) is 2. The Bertz CT molecular complexity index is 591. The minimum Gasteiger partial charge on any atom is -0.481 e. The summed E-state index contributed by atoms with van der Waals surface area (Å²) < 4.78 is 5.63. The maximum absolute atomic E-state index is 10.8. The summed E-state index contributed by atoms with van der Waals surface area (Å²) >= 11 is 6.09. The second-order valence-corrected chi connectivity index (χ2v) is 4.75. The van der Waals surface area contributed by atoms with Crippen molar-refractivity contribution >= 4 is 28.5 Å². The van der Waals surface area contributed by atoms with Gasteiger partial charge in [-0.05, 0) is 30.7 Å². The summed E-state index contributed by atoms with van der Waals surface area (Å²) in [7, 11) is 0. The van der Waals surface area contributed by atoms with Crippen LogP contribution in [-0.2, 0) is 4.79 Å². The van der Waals surface area contributed by atoms with Crippen molar-refractivity contribution in [3.8, 4) is 0 Å². The SMILES string of the molecule is Cc1cc(Cl)c2oc(C(CN)CC(=O)O)cc2c1. The van der Waals surface area contributed by atoms with Crippen LogP contribution >= 0.6 is 11.6 Å². The number of carboxylic acid groups (broad SMARTS) is 1. The molecule has 18 heavy (non-hydrogen) atoms. The molecule has 0 fully saturated rings. The molecule has 3 N–H and O–H groups in total. The lowest BCUT2D eigenvalue weighted by atomic mass is 10.0. The van der Waals surface area contributed by atoms with Crippen molar-refractivity contribution in [2.24, 2.45) is 5.73 Å². The van der Waals surface area contributed by atoms with Gasteiger partial charge in [-0.25, -0.2) is 0 Å². The number of aliphatic carboxylic acids is 1. The van der Waals surface area contributed by atoms with E-state index in [4.69, 9.17) is 26.9 Å². The molecule has 1 atom stereocenters. The zero-order chi connectivity index (χ0) is 13.3. The topological polar surface area (TPSA) is 76.5 Å². The van der Waals surface area contributed by atoms with Gasteiger partial charge in [0.2, 0.25) is 0 Å². The number of aryl methyl sites for hydroxylation is 1. The first-order valence-corrected chi connectivity index (χ1v) is 6.00. The highest BCUT2D eigenvalue weighted by molar-refractivity contribution is 6.34. The average molecular weight is 268 g/mol. The number of furan rings is 1. The van der Waals surface area contributed by atoms with Gasteiger partial charge >= 0.3 is 5.97 Å². The van der Waals surface area contributed by atoms with Crippen molar-refractivity contribution in [3.05, 3.63) is 34.5 Å². The first-order chi connectivity index (χ1) is 8.51. The highest BCUT2D eigenvalue weighted by Gasteiger charge is 2.19. The Labute approximate surface area is 109 Å². The van der Waals surface area contributed by atoms with E-state index in [9.17, 15) is 4.79 Å². The average Bonchev–Trinajstić information content (AvgIpc) is 2.69. The van der Waals surface area contributed by atoms with Crippen LogP contribution in [0.2, 0.25) is 5.02 Å². The summed E-state index contributed by atoms with van der Waals surface area (Å²) in [4.78, 5) is 10.8. The minimum absolute atomic E-state index is 0.0487. The molecule has 1 aromatic carbocycles. The molecule has 1 aromatic heterocycles. The van der Waals surface area contributed by atoms with Crippen molar-refractivity contribution in [2.45, 2.75) is 19.3 Å². The molecule has 1 unspecified atom stereocenters. The molecule has 96 valence electrons. The third-order valence-corrected chi connectivity index (χ3v) is 3.12. The summed E-state index contributed by atoms with van der Waals surface area (Å²) in [5, 5.41) is 10.2. The van der Waals surface area contributed by atoms with Crippen LogP contribution in [-0.4, -0.2) is 17.6 Å². The molecule has 0 aliphatic rings. The molecular formula is C13H14ClNO3. The Morgan fingerprint density at radius 2 is 2.22 bits per heavy atom. The molecule has 0 aliphatic heterocycles. The Balaban J connectivity index is 2.45. The van der Waals surface area contributed by atoms with Crippen LogP contribution in [0.15, 0.2) is 22.6 Å². The smallest absolute Gasteiger partial charge is 0.304 e. The van der Waals surface area contributed by atoms with Crippen molar-refractivity contribution in [1.29, 1.82) is 0 Å². The van der Waals surface area contributed by atoms with Crippen molar-refractivity contribution < 1.29 is 14.3 Å². The van der Waals surface area contributed by atoms with Crippen LogP contribution < -0.4 is 5.73 Å². The molecule has 5 heteroatoms. The fourth-order valence-corrected chi connectivity index (χ4v) is 2.30. The van der Waals surface area contributed by atoms with Gasteiger partial charge in [-0.15, -0.1) is 0 Å². The normalized spacial score (nSPS) is 12.8. The predicted molar refractivity (Wildman–Crippen MR) is 70.0 cm³/mol. The Kier molecular flexibility index (Phi) is 3.59. The first kappa shape index (κ1) is 12.9. The van der Waals surface area contributed by atoms with Gasteiger partial charge in [0, 0.05) is 17.8 Å². The Morgan fingerprint density at radius 3 is 2.83 bits per heavy atom. The molecular weight excluding hydrogens is 254 g/mol. The van der Waals surface area contributed by atoms with Crippen LogP contribution in [0.1, 0.15) is 23.7 Å². The molecule has 4 nitrogen and oxygen atoms in total. The molecule has 0 radical (unpaired) electrons. The van der Waals surface area contributed by atoms with Crippen LogP contribution in [0.4, 0.5) is 0 Å². The molecule has 1 heterocycles. The number of benzene rings is 1. The number of nitrogens with two attached hydrogens (primary N) is 1. The summed E-state index contributed by atoms with van der Waals surface area (Å²) in [6.07, 6.45) is -0.0487. The van der Waals surface area contributed by atoms with Gasteiger partial charge in [0.15, 0.2) is 5.58 Å². The number of rotatable bonds is 4. The molecule has 2 rings (SSSR count). The van der Waals surface area contributed by atoms with E-state index in [0.717, 1.165) is 10.9 Å². The lowest BCUT2D eigenvalue weighted by Gasteiger charge is -2.07. The lowest BCUT2D eigenvalue weighted by Crippen LogP contribution is -2.15. The molecule has 0 amide bonds. The van der Waals surface area contributed by atoms with Gasteiger partial charge in [0.05, 0.1) is 11.4 Å². The van der Waals surface area contributed by atoms with Gasteiger partial charge < -0.3 is 15.3 Å². The van der Waals surface area contributed by atoms with E-state index in [1.165, 1.54) is 0 Å². The van der Waals surface area contributed by atoms with E-state index in [0.29, 0.717) is 16.4 Å². The number of carbonyl (C=O) groups is 1. The fraction of sp³-hybridized carbons (Fsp3) is 0.308. The highest BCUT2D eigenvalue weighted by atomic mass is 35.5. The Morgan fingerprint density at radius 1 is 1.50 bits per heavy atom. The third-order valence-electron chi connectivity index (χ3n) is 2.84. The summed E-state index contributed by atoms with van der Waals surface area (Å²) in [6, 6.07) is 5.57. The van der Waals surface area contributed by atoms with Crippen molar-refractivity contribution in [2.75, 3.05) is 6.54 Å². The monoisotopic (exact) mass is 267 g/mol. The van der Waals surface area contributed by atoms with E-state index in [1.807, 2.05) is 25.1 Å². The Hall–Kier alpha value is -1.52. The summed E-state index contributed by atoms with van der Waals surface area (Å²) in [5.74, 6) is -0.651. The highest BCUT2D eigenvalue weighted by Crippen LogP contribution is 2.32. The zero-order valence-electron chi connectivity index (χ0n) is 9.94. The van der Waals surface area contributed by atoms with Crippen LogP contribution in [0, 0.1) is 6.92 Å². The van der Waals surface area contributed by atoms with Gasteiger partial charge in [-0.3, -0.25) is 4.79 Å². The number of carboxylic acids is 1. The third kappa shape index (κ3) is 2.49. The van der Waals surface area contributed by atoms with E-state index >= 15 is 0 Å². The largest absolute Gasteiger partial charge is 0.481 e. The second-order valence-electron chi connectivity index (χ2n) is 4.34. The standard InChI is InChI=1S/C13H14ClNO3/c1-7-2-8-4-11(9(6-15)5-12(16)17)18-13(8)10(14)3-7/h2-4,9H,5-6,15H2,1H3,(H,16,17). The zero-order valence-corrected chi connectivity index (χ0v) is 10.7. The van der Waals surface area contributed by atoms with Crippen molar-refractivity contribution in [3.63, 3.8) is 0 Å². The number of halogens is 1. The summed E-state index contributed by atoms with van der Waals surface area (Å²) in [6.45, 7) is 2.17. The van der Waals surface area contributed by atoms with Gasteiger partial charge in [0.1, 0.15) is 5.76 Å². The maximum atomic E-state index is 10.8. The van der Waals surface area contributed by atoms with Crippen molar-refractivity contribution in [1.82, 2.24) is 0 Å². The van der Waals surface area contributed by atoms with Gasteiger partial charge in [-0.1, -0.05) is 11.6 Å². The summed E-state index contributed by atoms with van der Waals surface area (Å²) in [5.41, 5.74) is 7.20. The van der Waals surface area contributed by atoms with E-state index in [-0.39, 0.29) is 18.9 Å². The van der Waals surface area contributed by atoms with Crippen LogP contribution in [0.3, 0.4) is 0 Å². The van der Waals surface area contributed by atoms with Gasteiger partial charge in [0.25, 0.3) is 0 Å². The maximum Gasteiger partial charge on any atom is 0.304 e. The second kappa shape index (κ2) is 5.00. The lowest BCUT2D eigenvalue weighted by molar-refractivity contribution is -0.137. The quantitative estimate of drug-likeness (QED) is 0.893. The van der Waals surface area contributed by atoms with Crippen LogP contribution in [0.5, 0.6) is 0 Å². The van der Waals surface area contributed by atoms with Crippen LogP contribution in [0.25, 0.3) is 11.0 Å². The molecule has 0 bridgehead atoms. The molecule has 0 saturated carbocycles. The molecule has 2 aromatic rings. The number of hydrogen-bond acceptors (Lipinski definition) is 3. The molecule has 0 aliphatic carbocycles. The predicted octanol–water partition coefficient (Wildman–Crippen LogP) is 2.91. The molecule has 0 spiro atoms. The number of fused-ring (bicyclic) bond motifs is 1. The minimum atomic E-state index is -0.895. The van der Waals surface area contributed by atoms with E-state index in [1.54, 1.807) is 0 Å². The van der Waals surface area contributed by atoms with E-state index < -0.39 is 5.97 Å². The first-order valence-electron chi connectivity index (χ1n) is 5.62.